The predicted molar refractivity (Wildman–Crippen MR) is 598 cm³/mol. The third kappa shape index (κ3) is 103. The normalized spacial score (nSPS) is 12.6. The molecule has 0 saturated heterocycles. The Balaban J connectivity index is -0.000000389. The number of unbranched alkanes of at least 4 members (excludes halogenated alkanes) is 1. The van der Waals surface area contributed by atoms with E-state index in [2.05, 4.69) is 146 Å². The van der Waals surface area contributed by atoms with E-state index in [0.717, 1.165) is 69.0 Å². The first-order chi connectivity index (χ1) is 69.8. The first-order valence-electron chi connectivity index (χ1n) is 53.0. The molecule has 0 N–H and O–H groups in total. The van der Waals surface area contributed by atoms with E-state index in [-0.39, 0.29) is 72.6 Å². The molecule has 0 radical (unpaired) electrons. The molecule has 0 amide bonds. The lowest BCUT2D eigenvalue weighted by molar-refractivity contribution is -0.240. The highest BCUT2D eigenvalue weighted by atomic mass is 17.2. The molecule has 5 aromatic rings. The SMILES string of the molecule is C=C.C=C.C=C.C=C.CC(C)OC1CCC(OC(C)C)CC1.CC(C)OCCCCOC(C)C.CC(C)OCCOC(C)C.CC(C)OCCOCCOCCOC(C)C.CC(C)OCCOc1cc(OOC(C)C)cc(OOC(C)C)c1.CC(C)OCCOc1ccc(C(C)(C)c2ccc(OCCOC(C)C)cc2)cc1.CC(C)OCCOc1cccc(OOC(C)C)c1.CC(C)OCCOc1cocc1OOC(C)C. The average molecular weight is 2090 g/mol. The molecule has 0 spiro atoms. The minimum absolute atomic E-state index is 0.0222. The van der Waals surface area contributed by atoms with Gasteiger partial charge in [-0.25, -0.2) is 0 Å². The van der Waals surface area contributed by atoms with Gasteiger partial charge in [0.1, 0.15) is 68.6 Å². The van der Waals surface area contributed by atoms with Crippen molar-refractivity contribution in [3.8, 4) is 51.7 Å². The molecule has 6 rings (SSSR count). The number of ether oxygens (including phenoxy) is 20. The second-order valence-electron chi connectivity index (χ2n) is 37.9. The summed E-state index contributed by atoms with van der Waals surface area (Å²) in [5, 5.41) is 0. The standard InChI is InChI=1S/C25H36O4.C17H28O6.C14H22O4.C12H20O5.C12H26O4.C12H24O2.C10H22O2.C8H18O2.4C2H4/c1-19(2)26-15-17-28-23-11-7-21(8-12-23)25(5,6)22-9-13-24(14-10-22)29-18-16-27-20(3)4;1-12(2)18-7-8-19-15-9-16(22-20-13(3)4)11-17(10-15)23-21-14(5)6;1-11(2)15-8-9-16-13-6-5-7-14(10-13)18-17-12(3)4;1-9(2)14-5-6-15-11-7-13-8-12(11)17-16-10(3)4;1-11(2)15-9-7-13-5-6-14-8-10-16-12(3)4;1-9(2)13-11-5-7-12(8-6-11)14-10(3)4;1-9(2)11-7-5-6-8-12-10(3)4;1-7(2)9-5-6-10-8(3)4;4*1-2/h7-14,19-20H,15-18H2,1-6H3;9-14H,7-8H2,1-6H3;5-7,10-12H,8-9H2,1-4H3;7-10H,5-6H2,1-4H3;11-12H,5-10H2,1-4H3;9-12H,5-8H2,1-4H3;9-10H,5-8H2,1-4H3;7-8H,5-6H2,1-4H3;4*1-2H2. The van der Waals surface area contributed by atoms with Gasteiger partial charge >= 0.3 is 0 Å². The molecule has 1 saturated carbocycles. The maximum absolute atomic E-state index is 5.79. The summed E-state index contributed by atoms with van der Waals surface area (Å²) in [4.78, 5) is 41.1. The number of furan rings is 1. The molecule has 4 aromatic carbocycles. The summed E-state index contributed by atoms with van der Waals surface area (Å²) >= 11 is 0. The van der Waals surface area contributed by atoms with Crippen LogP contribution in [-0.4, -0.2) is 248 Å². The summed E-state index contributed by atoms with van der Waals surface area (Å²) < 4.78 is 115. The van der Waals surface area contributed by atoms with Crippen molar-refractivity contribution in [1.82, 2.24) is 0 Å². The maximum atomic E-state index is 5.79. The van der Waals surface area contributed by atoms with Crippen LogP contribution >= 0.6 is 0 Å². The van der Waals surface area contributed by atoms with Crippen LogP contribution in [0.2, 0.25) is 0 Å². The number of hydrogen-bond donors (Lipinski definition) is 0. The lowest BCUT2D eigenvalue weighted by atomic mass is 9.78. The molecular weight excluding hydrogens is 1880 g/mol. The third-order valence-corrected chi connectivity index (χ3v) is 17.5. The van der Waals surface area contributed by atoms with Gasteiger partial charge in [-0.15, -0.1) is 52.6 Å². The van der Waals surface area contributed by atoms with Gasteiger partial charge in [0.05, 0.1) is 202 Å². The van der Waals surface area contributed by atoms with Gasteiger partial charge in [-0.2, -0.15) is 19.6 Å². The van der Waals surface area contributed by atoms with Crippen molar-refractivity contribution in [3.05, 3.63) is 167 Å². The molecule has 147 heavy (non-hydrogen) atoms. The van der Waals surface area contributed by atoms with Crippen LogP contribution in [0.4, 0.5) is 0 Å². The van der Waals surface area contributed by atoms with Crippen molar-refractivity contribution in [2.75, 3.05) is 132 Å². The minimum atomic E-state index is -0.113. The van der Waals surface area contributed by atoms with Crippen molar-refractivity contribution in [3.63, 3.8) is 0 Å². The van der Waals surface area contributed by atoms with Crippen molar-refractivity contribution in [2.45, 2.75) is 409 Å². The molecule has 1 aliphatic rings. The average Bonchev–Trinajstić information content (AvgIpc) is 1.05. The molecule has 1 heterocycles. The van der Waals surface area contributed by atoms with Gasteiger partial charge in [0, 0.05) is 42.9 Å². The van der Waals surface area contributed by atoms with Gasteiger partial charge in [0.15, 0.2) is 17.2 Å². The zero-order valence-corrected chi connectivity index (χ0v) is 98.7. The molecule has 0 atom stereocenters. The van der Waals surface area contributed by atoms with E-state index < -0.39 is 0 Å². The third-order valence-electron chi connectivity index (χ3n) is 17.5. The van der Waals surface area contributed by atoms with Gasteiger partial charge in [0.25, 0.3) is 0 Å². The van der Waals surface area contributed by atoms with Gasteiger partial charge < -0.3 is 119 Å². The van der Waals surface area contributed by atoms with Crippen LogP contribution in [0.5, 0.6) is 51.7 Å². The zero-order chi connectivity index (χ0) is 113. The predicted octanol–water partition coefficient (Wildman–Crippen LogP) is 28.2. The van der Waals surface area contributed by atoms with Crippen molar-refractivity contribution >= 4 is 0 Å². The lowest BCUT2D eigenvalue weighted by Gasteiger charge is -2.30. The van der Waals surface area contributed by atoms with Crippen LogP contribution in [0, 0.1) is 0 Å². The van der Waals surface area contributed by atoms with E-state index in [1.54, 1.807) is 24.3 Å². The Morgan fingerprint density at radius 3 is 0.762 bits per heavy atom. The van der Waals surface area contributed by atoms with Crippen molar-refractivity contribution in [1.29, 1.82) is 0 Å². The topological polar surface area (TPSA) is 272 Å². The van der Waals surface area contributed by atoms with E-state index >= 15 is 0 Å². The van der Waals surface area contributed by atoms with Gasteiger partial charge in [-0.3, -0.25) is 0 Å². The molecule has 29 nitrogen and oxygen atoms in total. The highest BCUT2D eigenvalue weighted by Gasteiger charge is 2.25. The Morgan fingerprint density at radius 2 is 0.463 bits per heavy atom. The quantitative estimate of drug-likeness (QED) is 0.0151. The molecular formula is C118H212O29. The summed E-state index contributed by atoms with van der Waals surface area (Å²) in [6.45, 7) is 109. The summed E-state index contributed by atoms with van der Waals surface area (Å²) in [5.74, 6) is 5.59. The van der Waals surface area contributed by atoms with Crippen LogP contribution < -0.4 is 43.2 Å². The highest BCUT2D eigenvalue weighted by molar-refractivity contribution is 5.43. The van der Waals surface area contributed by atoms with E-state index in [4.69, 9.17) is 138 Å². The lowest BCUT2D eigenvalue weighted by Crippen LogP contribution is -2.29. The fraction of sp³-hybridized carbons (Fsp3) is 0.695. The summed E-state index contributed by atoms with van der Waals surface area (Å²) in [6.07, 6.45) is 14.2. The number of hydrogen-bond acceptors (Lipinski definition) is 29. The first-order valence-corrected chi connectivity index (χ1v) is 53.0. The fourth-order valence-electron chi connectivity index (χ4n) is 11.2. The first kappa shape index (κ1) is 150. The number of benzene rings is 4. The second-order valence-corrected chi connectivity index (χ2v) is 37.9. The van der Waals surface area contributed by atoms with Crippen LogP contribution in [0.25, 0.3) is 0 Å². The highest BCUT2D eigenvalue weighted by Crippen LogP contribution is 2.35. The fourth-order valence-corrected chi connectivity index (χ4v) is 11.2. The maximum Gasteiger partial charge on any atom is 0.245 e. The molecule has 1 aliphatic carbocycles. The molecule has 1 aromatic heterocycles. The monoisotopic (exact) mass is 2090 g/mol. The smallest absolute Gasteiger partial charge is 0.245 e. The van der Waals surface area contributed by atoms with E-state index in [0.29, 0.717) is 202 Å². The van der Waals surface area contributed by atoms with E-state index in [1.165, 1.54) is 23.7 Å². The van der Waals surface area contributed by atoms with Crippen LogP contribution in [0.1, 0.15) is 299 Å². The molecule has 0 aliphatic heterocycles. The van der Waals surface area contributed by atoms with Crippen molar-refractivity contribution in [2.24, 2.45) is 0 Å². The van der Waals surface area contributed by atoms with Crippen molar-refractivity contribution < 1.29 is 138 Å². The largest absolute Gasteiger partial charge is 0.491 e. The molecule has 0 unspecified atom stereocenters. The van der Waals surface area contributed by atoms with Crippen LogP contribution in [0.15, 0.2) is 161 Å². The Hall–Kier alpha value is -7.44. The Labute approximate surface area is 893 Å². The Bertz CT molecular complexity index is 3400. The van der Waals surface area contributed by atoms with Gasteiger partial charge in [-0.1, -0.05) is 44.2 Å². The summed E-state index contributed by atoms with van der Waals surface area (Å²) in [6, 6.07) is 29.1. The Kier molecular flexibility index (Phi) is 104. The number of rotatable bonds is 66. The van der Waals surface area contributed by atoms with E-state index in [9.17, 15) is 0 Å². The molecule has 858 valence electrons. The van der Waals surface area contributed by atoms with E-state index in [1.807, 2.05) is 222 Å². The van der Waals surface area contributed by atoms with Crippen LogP contribution in [0.3, 0.4) is 0 Å². The summed E-state index contributed by atoms with van der Waals surface area (Å²) in [5.41, 5.74) is 2.36. The summed E-state index contributed by atoms with van der Waals surface area (Å²) in [7, 11) is 0. The van der Waals surface area contributed by atoms with Gasteiger partial charge in [-0.05, 0) is 321 Å². The van der Waals surface area contributed by atoms with Gasteiger partial charge in [0.2, 0.25) is 11.5 Å². The van der Waals surface area contributed by atoms with Crippen LogP contribution in [-0.2, 0) is 96.0 Å². The molecule has 1 fully saturated rings. The Morgan fingerprint density at radius 1 is 0.231 bits per heavy atom. The second kappa shape index (κ2) is 102. The minimum Gasteiger partial charge on any atom is -0.491 e. The zero-order valence-electron chi connectivity index (χ0n) is 98.7. The molecule has 0 bridgehead atoms. The molecule has 29 heteroatoms.